The summed E-state index contributed by atoms with van der Waals surface area (Å²) in [5.41, 5.74) is 1.35. The van der Waals surface area contributed by atoms with Crippen molar-refractivity contribution in [2.45, 2.75) is 31.8 Å². The SMILES string of the molecule is O=C(Cc1cnc(-n2cccc2)s1)NC1CCN(Cc2ccccc2)CC1. The highest BCUT2D eigenvalue weighted by atomic mass is 32.1. The molecule has 1 fully saturated rings. The van der Waals surface area contributed by atoms with E-state index in [2.05, 4.69) is 45.5 Å². The topological polar surface area (TPSA) is 50.2 Å². The molecule has 5 nitrogen and oxygen atoms in total. The second-order valence-electron chi connectivity index (χ2n) is 6.98. The quantitative estimate of drug-likeness (QED) is 0.714. The molecule has 0 atom stereocenters. The lowest BCUT2D eigenvalue weighted by atomic mass is 10.0. The van der Waals surface area contributed by atoms with Crippen LogP contribution in [0.4, 0.5) is 0 Å². The number of carbonyl (C=O) groups is 1. The smallest absolute Gasteiger partial charge is 0.225 e. The molecule has 140 valence electrons. The summed E-state index contributed by atoms with van der Waals surface area (Å²) in [6.45, 7) is 3.04. The van der Waals surface area contributed by atoms with Crippen molar-refractivity contribution in [2.75, 3.05) is 13.1 Å². The van der Waals surface area contributed by atoms with E-state index in [-0.39, 0.29) is 11.9 Å². The maximum Gasteiger partial charge on any atom is 0.225 e. The van der Waals surface area contributed by atoms with Gasteiger partial charge in [-0.25, -0.2) is 4.98 Å². The first-order valence-corrected chi connectivity index (χ1v) is 10.2. The fourth-order valence-electron chi connectivity index (χ4n) is 3.47. The Labute approximate surface area is 163 Å². The van der Waals surface area contributed by atoms with Crippen LogP contribution in [-0.4, -0.2) is 39.5 Å². The molecule has 3 aromatic rings. The van der Waals surface area contributed by atoms with Crippen molar-refractivity contribution in [2.24, 2.45) is 0 Å². The first kappa shape index (κ1) is 17.9. The number of thiazole rings is 1. The Morgan fingerprint density at radius 3 is 2.59 bits per heavy atom. The van der Waals surface area contributed by atoms with Gasteiger partial charge >= 0.3 is 0 Å². The summed E-state index contributed by atoms with van der Waals surface area (Å²) >= 11 is 1.57. The number of aromatic nitrogens is 2. The zero-order chi connectivity index (χ0) is 18.5. The molecule has 27 heavy (non-hydrogen) atoms. The number of hydrogen-bond donors (Lipinski definition) is 1. The molecular formula is C21H24N4OS. The Balaban J connectivity index is 1.23. The second-order valence-corrected chi connectivity index (χ2v) is 8.07. The first-order valence-electron chi connectivity index (χ1n) is 9.40. The van der Waals surface area contributed by atoms with Crippen LogP contribution in [0.2, 0.25) is 0 Å². The van der Waals surface area contributed by atoms with Crippen molar-refractivity contribution in [1.82, 2.24) is 19.8 Å². The molecular weight excluding hydrogens is 356 g/mol. The molecule has 6 heteroatoms. The number of rotatable bonds is 6. The Kier molecular flexibility index (Phi) is 5.65. The molecule has 0 aliphatic carbocycles. The summed E-state index contributed by atoms with van der Waals surface area (Å²) in [5, 5.41) is 4.10. The predicted molar refractivity (Wildman–Crippen MR) is 108 cm³/mol. The van der Waals surface area contributed by atoms with Gasteiger partial charge in [0.05, 0.1) is 6.42 Å². The number of benzene rings is 1. The average Bonchev–Trinajstić information content (AvgIpc) is 3.36. The summed E-state index contributed by atoms with van der Waals surface area (Å²) in [6, 6.07) is 14.8. The molecule has 1 aromatic carbocycles. The molecule has 0 bridgehead atoms. The Morgan fingerprint density at radius 2 is 1.85 bits per heavy atom. The standard InChI is InChI=1S/C21H24N4OS/c26-20(14-19-15-22-21(27-19)25-10-4-5-11-25)23-18-8-12-24(13-9-18)16-17-6-2-1-3-7-17/h1-7,10-11,15,18H,8-9,12-14,16H2,(H,23,26). The van der Waals surface area contributed by atoms with Crippen LogP contribution >= 0.6 is 11.3 Å². The summed E-state index contributed by atoms with van der Waals surface area (Å²) in [6.07, 6.45) is 8.16. The van der Waals surface area contributed by atoms with Gasteiger partial charge in [0.2, 0.25) is 5.91 Å². The van der Waals surface area contributed by atoms with Gasteiger partial charge in [-0.05, 0) is 30.5 Å². The van der Waals surface area contributed by atoms with Crippen LogP contribution in [0.1, 0.15) is 23.3 Å². The number of nitrogens with zero attached hydrogens (tertiary/aromatic N) is 3. The highest BCUT2D eigenvalue weighted by Gasteiger charge is 2.21. The molecule has 1 aliphatic heterocycles. The van der Waals surface area contributed by atoms with E-state index in [1.807, 2.05) is 35.3 Å². The van der Waals surface area contributed by atoms with E-state index < -0.39 is 0 Å². The molecule has 1 aliphatic rings. The fourth-order valence-corrected chi connectivity index (χ4v) is 4.35. The number of likely N-dealkylation sites (tertiary alicyclic amines) is 1. The van der Waals surface area contributed by atoms with E-state index in [1.54, 1.807) is 11.3 Å². The average molecular weight is 381 g/mol. The van der Waals surface area contributed by atoms with Crippen LogP contribution < -0.4 is 5.32 Å². The van der Waals surface area contributed by atoms with Crippen molar-refractivity contribution in [3.05, 3.63) is 71.5 Å². The zero-order valence-electron chi connectivity index (χ0n) is 15.3. The number of hydrogen-bond acceptors (Lipinski definition) is 4. The van der Waals surface area contributed by atoms with E-state index in [0.29, 0.717) is 6.42 Å². The van der Waals surface area contributed by atoms with Crippen molar-refractivity contribution >= 4 is 17.2 Å². The van der Waals surface area contributed by atoms with Gasteiger partial charge in [0.25, 0.3) is 0 Å². The molecule has 1 saturated heterocycles. The Bertz CT molecular complexity index is 851. The number of piperidine rings is 1. The van der Waals surface area contributed by atoms with Gasteiger partial charge < -0.3 is 9.88 Å². The highest BCUT2D eigenvalue weighted by molar-refractivity contribution is 7.14. The predicted octanol–water partition coefficient (Wildman–Crippen LogP) is 3.26. The van der Waals surface area contributed by atoms with Gasteiger partial charge in [-0.15, -0.1) is 11.3 Å². The third-order valence-electron chi connectivity index (χ3n) is 4.90. The second kappa shape index (κ2) is 8.50. The fraction of sp³-hybridized carbons (Fsp3) is 0.333. The van der Waals surface area contributed by atoms with Crippen molar-refractivity contribution in [3.63, 3.8) is 0 Å². The van der Waals surface area contributed by atoms with Gasteiger partial charge in [0, 0.05) is 49.1 Å². The summed E-state index contributed by atoms with van der Waals surface area (Å²) in [5.74, 6) is 0.0965. The number of carbonyl (C=O) groups excluding carboxylic acids is 1. The third kappa shape index (κ3) is 4.84. The lowest BCUT2D eigenvalue weighted by Gasteiger charge is -2.32. The minimum absolute atomic E-state index is 0.0965. The minimum Gasteiger partial charge on any atom is -0.353 e. The molecule has 0 radical (unpaired) electrons. The normalized spacial score (nSPS) is 15.7. The zero-order valence-corrected chi connectivity index (χ0v) is 16.1. The van der Waals surface area contributed by atoms with Gasteiger partial charge in [0.15, 0.2) is 5.13 Å². The maximum absolute atomic E-state index is 12.4. The molecule has 0 unspecified atom stereocenters. The van der Waals surface area contributed by atoms with Crippen molar-refractivity contribution < 1.29 is 4.79 Å². The Hall–Kier alpha value is -2.44. The lowest BCUT2D eigenvalue weighted by molar-refractivity contribution is -0.121. The Morgan fingerprint density at radius 1 is 1.11 bits per heavy atom. The van der Waals surface area contributed by atoms with E-state index in [0.717, 1.165) is 42.5 Å². The van der Waals surface area contributed by atoms with Crippen LogP contribution in [0, 0.1) is 0 Å². The van der Waals surface area contributed by atoms with Crippen LogP contribution in [0.3, 0.4) is 0 Å². The monoisotopic (exact) mass is 380 g/mol. The lowest BCUT2D eigenvalue weighted by Crippen LogP contribution is -2.44. The van der Waals surface area contributed by atoms with E-state index in [9.17, 15) is 4.79 Å². The minimum atomic E-state index is 0.0965. The number of amides is 1. The number of nitrogens with one attached hydrogen (secondary N) is 1. The van der Waals surface area contributed by atoms with Crippen LogP contribution in [0.5, 0.6) is 0 Å². The van der Waals surface area contributed by atoms with Crippen molar-refractivity contribution in [1.29, 1.82) is 0 Å². The maximum atomic E-state index is 12.4. The summed E-state index contributed by atoms with van der Waals surface area (Å²) < 4.78 is 1.97. The molecule has 4 rings (SSSR count). The molecule has 0 saturated carbocycles. The van der Waals surface area contributed by atoms with Gasteiger partial charge in [-0.1, -0.05) is 30.3 Å². The van der Waals surface area contributed by atoms with Gasteiger partial charge in [-0.3, -0.25) is 9.69 Å². The molecule has 3 heterocycles. The van der Waals surface area contributed by atoms with Crippen molar-refractivity contribution in [3.8, 4) is 5.13 Å². The third-order valence-corrected chi connectivity index (χ3v) is 5.91. The molecule has 1 amide bonds. The van der Waals surface area contributed by atoms with Crippen LogP contribution in [0.25, 0.3) is 5.13 Å². The highest BCUT2D eigenvalue weighted by Crippen LogP contribution is 2.18. The van der Waals surface area contributed by atoms with E-state index in [4.69, 9.17) is 0 Å². The molecule has 2 aromatic heterocycles. The van der Waals surface area contributed by atoms with Crippen LogP contribution in [-0.2, 0) is 17.8 Å². The first-order chi connectivity index (χ1) is 13.3. The largest absolute Gasteiger partial charge is 0.353 e. The molecule has 0 spiro atoms. The summed E-state index contributed by atoms with van der Waals surface area (Å²) in [7, 11) is 0. The van der Waals surface area contributed by atoms with E-state index >= 15 is 0 Å². The van der Waals surface area contributed by atoms with Crippen LogP contribution in [0.15, 0.2) is 61.1 Å². The van der Waals surface area contributed by atoms with E-state index in [1.165, 1.54) is 5.56 Å². The summed E-state index contributed by atoms with van der Waals surface area (Å²) in [4.78, 5) is 20.3. The van der Waals surface area contributed by atoms with Gasteiger partial charge in [0.1, 0.15) is 0 Å². The molecule has 1 N–H and O–H groups in total. The van der Waals surface area contributed by atoms with Gasteiger partial charge in [-0.2, -0.15) is 0 Å².